The van der Waals surface area contributed by atoms with E-state index in [0.717, 1.165) is 5.69 Å². The predicted molar refractivity (Wildman–Crippen MR) is 61.0 cm³/mol. The first kappa shape index (κ1) is 11.8. The lowest BCUT2D eigenvalue weighted by atomic mass is 10.2. The summed E-state index contributed by atoms with van der Waals surface area (Å²) in [4.78, 5) is 0. The zero-order chi connectivity index (χ0) is 11.3. The number of nitrogens with one attached hydrogen (secondary N) is 1. The molecule has 1 aromatic carbocycles. The van der Waals surface area contributed by atoms with E-state index in [4.69, 9.17) is 22.0 Å². The molecular formula is C11H13ClN2O. The zero-order valence-electron chi connectivity index (χ0n) is 8.50. The quantitative estimate of drug-likeness (QED) is 0.826. The number of anilines is 1. The van der Waals surface area contributed by atoms with E-state index in [-0.39, 0.29) is 12.6 Å². The largest absolute Gasteiger partial charge is 0.396 e. The van der Waals surface area contributed by atoms with Crippen molar-refractivity contribution in [2.45, 2.75) is 19.4 Å². The molecule has 2 N–H and O–H groups in total. The third kappa shape index (κ3) is 3.43. The van der Waals surface area contributed by atoms with Crippen molar-refractivity contribution in [2.75, 3.05) is 11.9 Å². The van der Waals surface area contributed by atoms with Gasteiger partial charge in [-0.1, -0.05) is 11.6 Å². The highest BCUT2D eigenvalue weighted by Gasteiger charge is 2.04. The maximum Gasteiger partial charge on any atom is 0.101 e. The van der Waals surface area contributed by atoms with Gasteiger partial charge in [0.2, 0.25) is 0 Å². The summed E-state index contributed by atoms with van der Waals surface area (Å²) in [5.41, 5.74) is 1.33. The van der Waals surface area contributed by atoms with E-state index >= 15 is 0 Å². The lowest BCUT2D eigenvalue weighted by Crippen LogP contribution is -2.16. The van der Waals surface area contributed by atoms with E-state index < -0.39 is 0 Å². The molecule has 0 aliphatic heterocycles. The van der Waals surface area contributed by atoms with Crippen molar-refractivity contribution < 1.29 is 5.11 Å². The first-order valence-electron chi connectivity index (χ1n) is 4.74. The maximum atomic E-state index is 8.74. The van der Waals surface area contributed by atoms with Gasteiger partial charge in [-0.25, -0.2) is 0 Å². The van der Waals surface area contributed by atoms with E-state index in [0.29, 0.717) is 17.0 Å². The van der Waals surface area contributed by atoms with E-state index in [1.807, 2.05) is 13.0 Å². The van der Waals surface area contributed by atoms with Crippen molar-refractivity contribution in [2.24, 2.45) is 0 Å². The second kappa shape index (κ2) is 5.59. The number of nitriles is 1. The van der Waals surface area contributed by atoms with Crippen molar-refractivity contribution in [1.82, 2.24) is 0 Å². The SMILES string of the molecule is CC(CCO)Nc1ccc(C#N)c(Cl)c1. The molecular weight excluding hydrogens is 212 g/mol. The number of aliphatic hydroxyl groups excluding tert-OH is 1. The summed E-state index contributed by atoms with van der Waals surface area (Å²) < 4.78 is 0. The summed E-state index contributed by atoms with van der Waals surface area (Å²) in [7, 11) is 0. The summed E-state index contributed by atoms with van der Waals surface area (Å²) in [5.74, 6) is 0. The molecule has 0 spiro atoms. The Balaban J connectivity index is 2.72. The molecule has 0 aromatic heterocycles. The van der Waals surface area contributed by atoms with Crippen LogP contribution in [0, 0.1) is 11.3 Å². The molecule has 15 heavy (non-hydrogen) atoms. The van der Waals surface area contributed by atoms with Gasteiger partial charge in [-0.15, -0.1) is 0 Å². The molecule has 1 rings (SSSR count). The minimum atomic E-state index is 0.151. The number of hydrogen-bond acceptors (Lipinski definition) is 3. The van der Waals surface area contributed by atoms with Crippen molar-refractivity contribution in [1.29, 1.82) is 5.26 Å². The Labute approximate surface area is 94.3 Å². The van der Waals surface area contributed by atoms with Gasteiger partial charge in [0.15, 0.2) is 0 Å². The molecule has 3 nitrogen and oxygen atoms in total. The normalized spacial score (nSPS) is 11.9. The number of aliphatic hydroxyl groups is 1. The molecule has 0 amide bonds. The summed E-state index contributed by atoms with van der Waals surface area (Å²) in [6, 6.07) is 7.38. The van der Waals surface area contributed by atoms with Gasteiger partial charge in [0.25, 0.3) is 0 Å². The molecule has 0 aliphatic carbocycles. The van der Waals surface area contributed by atoms with Crippen molar-refractivity contribution in [3.05, 3.63) is 28.8 Å². The third-order valence-corrected chi connectivity index (χ3v) is 2.38. The maximum absolute atomic E-state index is 8.74. The van der Waals surface area contributed by atoms with Gasteiger partial charge in [0, 0.05) is 18.3 Å². The first-order valence-corrected chi connectivity index (χ1v) is 5.12. The number of benzene rings is 1. The lowest BCUT2D eigenvalue weighted by Gasteiger charge is -2.14. The average Bonchev–Trinajstić information content (AvgIpc) is 2.18. The van der Waals surface area contributed by atoms with Crippen molar-refractivity contribution in [3.8, 4) is 6.07 Å². The van der Waals surface area contributed by atoms with Crippen LogP contribution < -0.4 is 5.32 Å². The van der Waals surface area contributed by atoms with Crippen LogP contribution in [0.1, 0.15) is 18.9 Å². The minimum Gasteiger partial charge on any atom is -0.396 e. The molecule has 0 heterocycles. The Morgan fingerprint density at radius 3 is 2.87 bits per heavy atom. The Hall–Kier alpha value is -1.24. The van der Waals surface area contributed by atoms with Gasteiger partial charge in [-0.2, -0.15) is 5.26 Å². The van der Waals surface area contributed by atoms with Crippen molar-refractivity contribution >= 4 is 17.3 Å². The van der Waals surface area contributed by atoms with Gasteiger partial charge in [-0.05, 0) is 31.5 Å². The van der Waals surface area contributed by atoms with E-state index in [2.05, 4.69) is 5.32 Å². The molecule has 0 radical (unpaired) electrons. The van der Waals surface area contributed by atoms with Crippen LogP contribution in [0.5, 0.6) is 0 Å². The Morgan fingerprint density at radius 2 is 2.33 bits per heavy atom. The number of hydrogen-bond donors (Lipinski definition) is 2. The van der Waals surface area contributed by atoms with Crippen LogP contribution in [-0.4, -0.2) is 17.8 Å². The summed E-state index contributed by atoms with van der Waals surface area (Å²) >= 11 is 5.88. The van der Waals surface area contributed by atoms with Gasteiger partial charge >= 0.3 is 0 Å². The number of halogens is 1. The minimum absolute atomic E-state index is 0.151. The highest BCUT2D eigenvalue weighted by molar-refractivity contribution is 6.32. The molecule has 0 saturated carbocycles. The summed E-state index contributed by atoms with van der Waals surface area (Å²) in [6.07, 6.45) is 0.678. The standard InChI is InChI=1S/C11H13ClN2O/c1-8(4-5-15)14-10-3-2-9(7-13)11(12)6-10/h2-3,6,8,14-15H,4-5H2,1H3. The molecule has 1 unspecified atom stereocenters. The second-order valence-electron chi connectivity index (χ2n) is 3.36. The van der Waals surface area contributed by atoms with E-state index in [1.165, 1.54) is 0 Å². The van der Waals surface area contributed by atoms with Crippen LogP contribution in [0.15, 0.2) is 18.2 Å². The number of nitrogens with zero attached hydrogens (tertiary/aromatic N) is 1. The molecule has 1 atom stereocenters. The third-order valence-electron chi connectivity index (χ3n) is 2.06. The molecule has 0 aliphatic rings. The summed E-state index contributed by atoms with van der Waals surface area (Å²) in [5, 5.41) is 21.1. The van der Waals surface area contributed by atoms with Crippen molar-refractivity contribution in [3.63, 3.8) is 0 Å². The first-order chi connectivity index (χ1) is 7.17. The fourth-order valence-electron chi connectivity index (χ4n) is 1.25. The van der Waals surface area contributed by atoms with Crippen LogP contribution in [0.25, 0.3) is 0 Å². The van der Waals surface area contributed by atoms with Crippen LogP contribution in [-0.2, 0) is 0 Å². The van der Waals surface area contributed by atoms with Gasteiger partial charge in [0.1, 0.15) is 6.07 Å². The van der Waals surface area contributed by atoms with E-state index in [9.17, 15) is 0 Å². The highest BCUT2D eigenvalue weighted by Crippen LogP contribution is 2.20. The Bertz CT molecular complexity index is 373. The van der Waals surface area contributed by atoms with Gasteiger partial charge in [-0.3, -0.25) is 0 Å². The zero-order valence-corrected chi connectivity index (χ0v) is 9.25. The van der Waals surface area contributed by atoms with Crippen LogP contribution in [0.3, 0.4) is 0 Å². The summed E-state index contributed by atoms with van der Waals surface area (Å²) in [6.45, 7) is 2.13. The molecule has 0 fully saturated rings. The Morgan fingerprint density at radius 1 is 1.60 bits per heavy atom. The highest BCUT2D eigenvalue weighted by atomic mass is 35.5. The van der Waals surface area contributed by atoms with Crippen LogP contribution in [0.4, 0.5) is 5.69 Å². The smallest absolute Gasteiger partial charge is 0.101 e. The van der Waals surface area contributed by atoms with Crippen LogP contribution >= 0.6 is 11.6 Å². The fourth-order valence-corrected chi connectivity index (χ4v) is 1.47. The average molecular weight is 225 g/mol. The molecule has 4 heteroatoms. The molecule has 80 valence electrons. The van der Waals surface area contributed by atoms with Crippen LogP contribution in [0.2, 0.25) is 5.02 Å². The topological polar surface area (TPSA) is 56.0 Å². The molecule has 1 aromatic rings. The molecule has 0 saturated heterocycles. The number of rotatable bonds is 4. The van der Waals surface area contributed by atoms with Gasteiger partial charge in [0.05, 0.1) is 10.6 Å². The Kier molecular flexibility index (Phi) is 4.41. The van der Waals surface area contributed by atoms with Gasteiger partial charge < -0.3 is 10.4 Å². The predicted octanol–water partition coefficient (Wildman–Crippen LogP) is 2.39. The van der Waals surface area contributed by atoms with E-state index in [1.54, 1.807) is 18.2 Å². The lowest BCUT2D eigenvalue weighted by molar-refractivity contribution is 0.282. The fraction of sp³-hybridized carbons (Fsp3) is 0.364. The monoisotopic (exact) mass is 224 g/mol. The second-order valence-corrected chi connectivity index (χ2v) is 3.77. The molecule has 0 bridgehead atoms.